The third kappa shape index (κ3) is 9.55. The Bertz CT molecular complexity index is 1660. The zero-order chi connectivity index (χ0) is 39.2. The van der Waals surface area contributed by atoms with E-state index in [0.29, 0.717) is 0 Å². The van der Waals surface area contributed by atoms with Gasteiger partial charge in [0.1, 0.15) is 25.2 Å². The largest absolute Gasteiger partial charge is 0.508 e. The van der Waals surface area contributed by atoms with Crippen LogP contribution in [0.1, 0.15) is 30.5 Å². The first-order valence-electron chi connectivity index (χ1n) is 16.6. The molecule has 0 bridgehead atoms. The molecule has 0 aliphatic carbocycles. The number of nitrogens with zero attached hydrogens (tertiary/aromatic N) is 1. The number of ether oxygens (including phenoxy) is 4. The van der Waals surface area contributed by atoms with Crippen molar-refractivity contribution in [3.63, 3.8) is 0 Å². The van der Waals surface area contributed by atoms with Crippen LogP contribution in [0.15, 0.2) is 104 Å². The van der Waals surface area contributed by atoms with Gasteiger partial charge in [0.2, 0.25) is 9.70 Å². The highest BCUT2D eigenvalue weighted by Gasteiger charge is 2.68. The summed E-state index contributed by atoms with van der Waals surface area (Å²) in [5.41, 5.74) is 1.81. The molecule has 0 saturated carbocycles. The Kier molecular flexibility index (Phi) is 14.1. The summed E-state index contributed by atoms with van der Waals surface area (Å²) in [5.74, 6) is -4.37. The quantitative estimate of drug-likeness (QED) is 0.0171. The molecule has 4 rings (SSSR count). The van der Waals surface area contributed by atoms with Crippen LogP contribution in [0.2, 0.25) is 19.6 Å². The summed E-state index contributed by atoms with van der Waals surface area (Å²) in [7, 11) is -2.14. The molecule has 1 amide bonds. The highest BCUT2D eigenvalue weighted by Crippen LogP contribution is 2.57. The average Bonchev–Trinajstić information content (AvgIpc) is 3.11. The molecule has 5 atom stereocenters. The monoisotopic (exact) mass is 839 g/mol. The lowest BCUT2D eigenvalue weighted by Gasteiger charge is -2.55. The van der Waals surface area contributed by atoms with Crippen molar-refractivity contribution in [1.82, 2.24) is 4.90 Å². The summed E-state index contributed by atoms with van der Waals surface area (Å²) < 4.78 is 18.8. The highest BCUT2D eigenvalue weighted by molar-refractivity contribution is 8.01. The van der Waals surface area contributed by atoms with Gasteiger partial charge in [-0.15, -0.1) is 11.8 Å². The predicted octanol–water partition coefficient (Wildman–Crippen LogP) is 8.88. The van der Waals surface area contributed by atoms with Gasteiger partial charge in [0, 0.05) is 0 Å². The molecule has 3 aromatic carbocycles. The standard InChI is InChI=1S/C38H41Cl4NO8SSi/c1-7-23-48-33(45)38(42,34(46)51-26(3)53(4,5)6)43-31(44)30(25(2)50-35(47)49-24-36(39,40)41)32(43)52-37(27-17-11-8-12-18-27,28-19-13-9-14-20-28)29-21-15-10-16-22-29/h7-22,25-26,30,32H,1,23-24H2,2-6H3/t25?,26?,30-,32+,38?/m0/s1. The minimum Gasteiger partial charge on any atom is -0.463 e. The number of likely N-dealkylation sites (tertiary alicyclic amines) is 1. The fourth-order valence-corrected chi connectivity index (χ4v) is 8.60. The van der Waals surface area contributed by atoms with Crippen molar-refractivity contribution >= 4 is 90.2 Å². The average molecular weight is 842 g/mol. The first kappa shape index (κ1) is 42.5. The van der Waals surface area contributed by atoms with E-state index >= 15 is 0 Å². The summed E-state index contributed by atoms with van der Waals surface area (Å²) in [5, 5.41) is -1.14. The first-order valence-corrected chi connectivity index (χ1v) is 22.6. The number of thioether (sulfide) groups is 1. The maximum Gasteiger partial charge on any atom is 0.508 e. The molecule has 3 unspecified atom stereocenters. The molecule has 3 aromatic rings. The van der Waals surface area contributed by atoms with Gasteiger partial charge in [0.15, 0.2) is 0 Å². The minimum absolute atomic E-state index is 0.302. The minimum atomic E-state index is -2.78. The van der Waals surface area contributed by atoms with Crippen molar-refractivity contribution in [1.29, 1.82) is 0 Å². The summed E-state index contributed by atoms with van der Waals surface area (Å²) >= 11 is 25.7. The summed E-state index contributed by atoms with van der Waals surface area (Å²) in [4.78, 5) is 53.8. The van der Waals surface area contributed by atoms with Crippen LogP contribution in [-0.4, -0.2) is 76.2 Å². The maximum absolute atomic E-state index is 14.5. The van der Waals surface area contributed by atoms with Gasteiger partial charge >= 0.3 is 23.1 Å². The molecule has 9 nitrogen and oxygen atoms in total. The summed E-state index contributed by atoms with van der Waals surface area (Å²) in [6.45, 7) is 11.8. The van der Waals surface area contributed by atoms with Gasteiger partial charge in [-0.25, -0.2) is 14.4 Å². The number of hydrogen-bond acceptors (Lipinski definition) is 9. The number of carbonyl (C=O) groups is 4. The zero-order valence-electron chi connectivity index (χ0n) is 29.8. The Morgan fingerprint density at radius 2 is 1.28 bits per heavy atom. The van der Waals surface area contributed by atoms with Gasteiger partial charge in [0.25, 0.3) is 0 Å². The van der Waals surface area contributed by atoms with E-state index in [1.54, 1.807) is 6.92 Å². The van der Waals surface area contributed by atoms with Gasteiger partial charge in [-0.05, 0) is 30.5 Å². The number of β-lactam (4-membered cyclic amide) rings is 1. The summed E-state index contributed by atoms with van der Waals surface area (Å²) in [6.07, 6.45) is -1.09. The number of alkyl halides is 4. The lowest BCUT2D eigenvalue weighted by atomic mass is 9.84. The molecule has 0 aromatic heterocycles. The number of hydrogen-bond donors (Lipinski definition) is 0. The number of rotatable bonds is 15. The van der Waals surface area contributed by atoms with E-state index in [1.807, 2.05) is 111 Å². The molecule has 1 aliphatic heterocycles. The highest BCUT2D eigenvalue weighted by atomic mass is 35.6. The number of amides is 1. The smallest absolute Gasteiger partial charge is 0.463 e. The number of halogens is 4. The fraction of sp³-hybridized carbons (Fsp3) is 0.368. The zero-order valence-corrected chi connectivity index (χ0v) is 34.6. The Hall–Kier alpha value is -3.19. The molecule has 15 heteroatoms. The van der Waals surface area contributed by atoms with Crippen molar-refractivity contribution in [3.05, 3.63) is 120 Å². The number of esters is 2. The summed E-state index contributed by atoms with van der Waals surface area (Å²) in [6, 6.07) is 28.6. The Labute approximate surface area is 335 Å². The first-order chi connectivity index (χ1) is 24.9. The Morgan fingerprint density at radius 3 is 1.70 bits per heavy atom. The van der Waals surface area contributed by atoms with Crippen molar-refractivity contribution < 1.29 is 38.1 Å². The van der Waals surface area contributed by atoms with Crippen LogP contribution in [-0.2, 0) is 38.1 Å². The van der Waals surface area contributed by atoms with Gasteiger partial charge in [-0.1, -0.05) is 170 Å². The third-order valence-electron chi connectivity index (χ3n) is 8.77. The van der Waals surface area contributed by atoms with Crippen LogP contribution in [0.3, 0.4) is 0 Å². The molecule has 1 aliphatic rings. The van der Waals surface area contributed by atoms with Crippen molar-refractivity contribution in [2.45, 2.75) is 64.2 Å². The van der Waals surface area contributed by atoms with Crippen LogP contribution in [0.5, 0.6) is 0 Å². The van der Waals surface area contributed by atoms with Gasteiger partial charge in [-0.3, -0.25) is 9.69 Å². The van der Waals surface area contributed by atoms with Crippen LogP contribution in [0.4, 0.5) is 4.79 Å². The van der Waals surface area contributed by atoms with Crippen molar-refractivity contribution in [2.75, 3.05) is 13.2 Å². The molecule has 1 fully saturated rings. The van der Waals surface area contributed by atoms with Crippen LogP contribution < -0.4 is 0 Å². The molecule has 1 heterocycles. The predicted molar refractivity (Wildman–Crippen MR) is 212 cm³/mol. The maximum atomic E-state index is 14.5. The van der Waals surface area contributed by atoms with E-state index in [-0.39, 0.29) is 6.61 Å². The Morgan fingerprint density at radius 1 is 0.811 bits per heavy atom. The molecule has 53 heavy (non-hydrogen) atoms. The lowest BCUT2D eigenvalue weighted by Crippen LogP contribution is -2.74. The van der Waals surface area contributed by atoms with Gasteiger partial charge < -0.3 is 18.9 Å². The van der Waals surface area contributed by atoms with Gasteiger partial charge in [0.05, 0.1) is 23.9 Å². The van der Waals surface area contributed by atoms with Crippen LogP contribution in [0, 0.1) is 5.92 Å². The SMILES string of the molecule is C=CCOC(=O)C(Cl)(C(=O)OC(C)[Si](C)(C)C)N1C(=O)[C@H](C(C)OC(=O)OCC(Cl)(Cl)Cl)[C@H]1SC(c1ccccc1)(c1ccccc1)c1ccccc1. The second-order valence-corrected chi connectivity index (χ2v) is 23.4. The third-order valence-corrected chi connectivity index (χ3v) is 14.0. The van der Waals surface area contributed by atoms with Crippen molar-refractivity contribution in [3.8, 4) is 0 Å². The molecule has 284 valence electrons. The molecule has 0 radical (unpaired) electrons. The second-order valence-electron chi connectivity index (χ2n) is 13.4. The lowest BCUT2D eigenvalue weighted by molar-refractivity contribution is -0.186. The molecule has 1 saturated heterocycles. The van der Waals surface area contributed by atoms with Crippen LogP contribution in [0.25, 0.3) is 0 Å². The van der Waals surface area contributed by atoms with E-state index in [9.17, 15) is 19.2 Å². The molecule has 0 N–H and O–H groups in total. The molecule has 0 spiro atoms. The number of carbonyl (C=O) groups excluding carboxylic acids is 4. The van der Waals surface area contributed by atoms with Crippen LogP contribution >= 0.6 is 58.2 Å². The van der Waals surface area contributed by atoms with Gasteiger partial charge in [-0.2, -0.15) is 0 Å². The van der Waals surface area contributed by atoms with Crippen molar-refractivity contribution in [2.24, 2.45) is 5.92 Å². The van der Waals surface area contributed by atoms with E-state index < -0.39 is 75.3 Å². The Balaban J connectivity index is 1.94. The topological polar surface area (TPSA) is 108 Å². The van der Waals surface area contributed by atoms with E-state index in [2.05, 4.69) is 6.58 Å². The number of benzene rings is 3. The second kappa shape index (κ2) is 17.5. The normalized spacial score (nSPS) is 18.4. The molecular weight excluding hydrogens is 800 g/mol. The molecular formula is C38H41Cl4NO8SSi. The van der Waals surface area contributed by atoms with E-state index in [1.165, 1.54) is 24.8 Å². The van der Waals surface area contributed by atoms with E-state index in [0.717, 1.165) is 21.6 Å². The fourth-order valence-electron chi connectivity index (χ4n) is 5.60. The van der Waals surface area contributed by atoms with E-state index in [4.69, 9.17) is 65.4 Å².